The average molecular weight is 329 g/mol. The fourth-order valence-corrected chi connectivity index (χ4v) is 3.53. The second-order valence-electron chi connectivity index (χ2n) is 6.56. The molecule has 0 radical (unpaired) electrons. The first-order chi connectivity index (χ1) is 12.2. The highest BCUT2D eigenvalue weighted by Gasteiger charge is 2.59. The van der Waals surface area contributed by atoms with Crippen LogP contribution >= 0.6 is 0 Å². The quantitative estimate of drug-likeness (QED) is 0.723. The molecule has 2 aliphatic rings. The third kappa shape index (κ3) is 2.00. The zero-order valence-corrected chi connectivity index (χ0v) is 13.7. The van der Waals surface area contributed by atoms with Gasteiger partial charge in [-0.25, -0.2) is 9.97 Å². The summed E-state index contributed by atoms with van der Waals surface area (Å²) in [5, 5.41) is 8.08. The number of amides is 1. The van der Waals surface area contributed by atoms with Gasteiger partial charge in [0.05, 0.1) is 11.1 Å². The van der Waals surface area contributed by atoms with E-state index in [1.807, 2.05) is 25.1 Å². The van der Waals surface area contributed by atoms with Gasteiger partial charge in [-0.3, -0.25) is 9.69 Å². The summed E-state index contributed by atoms with van der Waals surface area (Å²) in [5.74, 6) is 1.40. The van der Waals surface area contributed by atoms with Gasteiger partial charge in [-0.1, -0.05) is 12.1 Å². The van der Waals surface area contributed by atoms with Gasteiger partial charge >= 0.3 is 0 Å². The van der Waals surface area contributed by atoms with E-state index in [1.165, 1.54) is 0 Å². The number of rotatable bonds is 2. The molecular formula is C19H15N5O. The predicted octanol–water partition coefficient (Wildman–Crippen LogP) is 2.95. The Morgan fingerprint density at radius 2 is 1.88 bits per heavy atom. The summed E-state index contributed by atoms with van der Waals surface area (Å²) in [7, 11) is 0. The zero-order valence-electron chi connectivity index (χ0n) is 13.7. The van der Waals surface area contributed by atoms with Crippen LogP contribution in [0.5, 0.6) is 0 Å². The Bertz CT molecular complexity index is 980. The summed E-state index contributed by atoms with van der Waals surface area (Å²) in [6, 6.07) is 9.75. The molecule has 1 amide bonds. The van der Waals surface area contributed by atoms with Crippen LogP contribution < -0.4 is 4.90 Å². The predicted molar refractivity (Wildman–Crippen MR) is 92.3 cm³/mol. The number of hydrogen-bond acceptors (Lipinski definition) is 5. The summed E-state index contributed by atoms with van der Waals surface area (Å²) >= 11 is 0. The lowest BCUT2D eigenvalue weighted by molar-refractivity contribution is -0.119. The van der Waals surface area contributed by atoms with Crippen LogP contribution in [0, 0.1) is 6.92 Å². The highest BCUT2D eigenvalue weighted by molar-refractivity contribution is 6.14. The molecule has 1 aromatic carbocycles. The number of carbonyl (C=O) groups excluding carboxylic acids is 1. The van der Waals surface area contributed by atoms with E-state index in [-0.39, 0.29) is 11.3 Å². The topological polar surface area (TPSA) is 71.9 Å². The van der Waals surface area contributed by atoms with Crippen LogP contribution in [0.2, 0.25) is 0 Å². The zero-order chi connectivity index (χ0) is 17.0. The van der Waals surface area contributed by atoms with E-state index in [1.54, 1.807) is 29.6 Å². The first-order valence-corrected chi connectivity index (χ1v) is 8.25. The summed E-state index contributed by atoms with van der Waals surface area (Å²) in [6.07, 6.45) is 7.00. The van der Waals surface area contributed by atoms with E-state index in [0.717, 1.165) is 41.0 Å². The van der Waals surface area contributed by atoms with Crippen molar-refractivity contribution in [3.63, 3.8) is 0 Å². The van der Waals surface area contributed by atoms with Crippen molar-refractivity contribution < 1.29 is 4.79 Å². The molecule has 25 heavy (non-hydrogen) atoms. The summed E-state index contributed by atoms with van der Waals surface area (Å²) in [4.78, 5) is 23.3. The van der Waals surface area contributed by atoms with Crippen LogP contribution in [0.1, 0.15) is 24.2 Å². The summed E-state index contributed by atoms with van der Waals surface area (Å²) in [5.41, 5.74) is 3.52. The van der Waals surface area contributed by atoms with Gasteiger partial charge in [-0.2, -0.15) is 5.10 Å². The molecule has 2 aromatic heterocycles. The number of benzene rings is 1. The number of aromatic nitrogens is 4. The number of carbonyl (C=O) groups is 1. The Morgan fingerprint density at radius 1 is 1.08 bits per heavy atom. The van der Waals surface area contributed by atoms with Gasteiger partial charge in [-0.15, -0.1) is 5.10 Å². The number of aryl methyl sites for hydroxylation is 1. The number of fused-ring (bicyclic) bond motifs is 2. The molecule has 1 aliphatic carbocycles. The van der Waals surface area contributed by atoms with E-state index in [9.17, 15) is 4.79 Å². The van der Waals surface area contributed by atoms with Crippen molar-refractivity contribution in [3.8, 4) is 11.1 Å². The van der Waals surface area contributed by atoms with Crippen molar-refractivity contribution in [1.82, 2.24) is 20.2 Å². The maximum Gasteiger partial charge on any atom is 0.243 e. The summed E-state index contributed by atoms with van der Waals surface area (Å²) < 4.78 is 0. The van der Waals surface area contributed by atoms with E-state index in [0.29, 0.717) is 5.82 Å². The minimum Gasteiger partial charge on any atom is -0.273 e. The second-order valence-corrected chi connectivity index (χ2v) is 6.56. The Labute approximate surface area is 144 Å². The monoisotopic (exact) mass is 329 g/mol. The van der Waals surface area contributed by atoms with Gasteiger partial charge in [0.25, 0.3) is 0 Å². The highest BCUT2D eigenvalue weighted by Crippen LogP contribution is 2.59. The van der Waals surface area contributed by atoms with Crippen LogP contribution in [-0.2, 0) is 10.2 Å². The Balaban J connectivity index is 1.67. The van der Waals surface area contributed by atoms with Crippen molar-refractivity contribution in [2.75, 3.05) is 4.90 Å². The van der Waals surface area contributed by atoms with E-state index in [4.69, 9.17) is 0 Å². The molecule has 1 saturated carbocycles. The normalized spacial score (nSPS) is 17.0. The van der Waals surface area contributed by atoms with Crippen LogP contribution in [-0.4, -0.2) is 26.1 Å². The molecule has 1 aliphatic heterocycles. The fourth-order valence-electron chi connectivity index (χ4n) is 3.53. The van der Waals surface area contributed by atoms with Crippen LogP contribution in [0.3, 0.4) is 0 Å². The fraction of sp³-hybridized carbons (Fsp3) is 0.211. The highest BCUT2D eigenvalue weighted by atomic mass is 16.2. The molecule has 1 spiro atoms. The molecule has 3 heterocycles. The first kappa shape index (κ1) is 14.2. The van der Waals surface area contributed by atoms with Crippen LogP contribution in [0.4, 0.5) is 11.5 Å². The van der Waals surface area contributed by atoms with Crippen LogP contribution in [0.25, 0.3) is 11.1 Å². The maximum atomic E-state index is 13.1. The number of hydrogen-bond donors (Lipinski definition) is 0. The molecule has 0 atom stereocenters. The largest absolute Gasteiger partial charge is 0.273 e. The molecule has 0 N–H and O–H groups in total. The smallest absolute Gasteiger partial charge is 0.243 e. The molecular weight excluding hydrogens is 314 g/mol. The molecule has 122 valence electrons. The van der Waals surface area contributed by atoms with E-state index < -0.39 is 0 Å². The minimum absolute atomic E-state index is 0.0975. The number of nitrogens with zero attached hydrogens (tertiary/aromatic N) is 5. The molecule has 3 aromatic rings. The SMILES string of the molecule is Cc1ncc(-c2ccc3c(c2)N(c2cccnn2)C(=O)C32CC2)cn1. The molecule has 0 unspecified atom stereocenters. The van der Waals surface area contributed by atoms with Crippen molar-refractivity contribution in [2.24, 2.45) is 0 Å². The van der Waals surface area contributed by atoms with Crippen molar-refractivity contribution in [1.29, 1.82) is 0 Å². The molecule has 1 fully saturated rings. The lowest BCUT2D eigenvalue weighted by Gasteiger charge is -2.16. The maximum absolute atomic E-state index is 13.1. The van der Waals surface area contributed by atoms with Crippen molar-refractivity contribution in [3.05, 3.63) is 60.3 Å². The molecule has 5 rings (SSSR count). The molecule has 0 saturated heterocycles. The summed E-state index contributed by atoms with van der Waals surface area (Å²) in [6.45, 7) is 1.86. The second kappa shape index (κ2) is 4.92. The molecule has 6 nitrogen and oxygen atoms in total. The van der Waals surface area contributed by atoms with Gasteiger partial charge in [0.2, 0.25) is 5.91 Å². The standard InChI is InChI=1S/C19H15N5O/c1-12-20-10-14(11-21-12)13-4-5-15-16(9-13)24(17-3-2-8-22-23-17)18(25)19(15)6-7-19/h2-5,8-11H,6-7H2,1H3. The lowest BCUT2D eigenvalue weighted by atomic mass is 9.96. The van der Waals surface area contributed by atoms with Crippen LogP contribution in [0.15, 0.2) is 48.9 Å². The minimum atomic E-state index is -0.366. The molecule has 6 heteroatoms. The van der Waals surface area contributed by atoms with Crippen molar-refractivity contribution >= 4 is 17.4 Å². The van der Waals surface area contributed by atoms with Gasteiger partial charge in [0, 0.05) is 24.2 Å². The Hall–Kier alpha value is -3.15. The lowest BCUT2D eigenvalue weighted by Crippen LogP contribution is -2.28. The Morgan fingerprint density at radius 3 is 2.56 bits per heavy atom. The van der Waals surface area contributed by atoms with E-state index >= 15 is 0 Å². The molecule has 0 bridgehead atoms. The van der Waals surface area contributed by atoms with Gasteiger partial charge < -0.3 is 0 Å². The average Bonchev–Trinajstić information content (AvgIpc) is 3.41. The first-order valence-electron chi connectivity index (χ1n) is 8.25. The van der Waals surface area contributed by atoms with Gasteiger partial charge in [0.15, 0.2) is 5.82 Å². The van der Waals surface area contributed by atoms with Gasteiger partial charge in [0.1, 0.15) is 5.82 Å². The van der Waals surface area contributed by atoms with E-state index in [2.05, 4.69) is 26.2 Å². The van der Waals surface area contributed by atoms with Gasteiger partial charge in [-0.05, 0) is 49.1 Å². The number of anilines is 2. The van der Waals surface area contributed by atoms with Crippen molar-refractivity contribution in [2.45, 2.75) is 25.2 Å². The Kier molecular flexibility index (Phi) is 2.80. The third-order valence-corrected chi connectivity index (χ3v) is 5.02. The third-order valence-electron chi connectivity index (χ3n) is 5.02.